The predicted molar refractivity (Wildman–Crippen MR) is 275 cm³/mol. The van der Waals surface area contributed by atoms with E-state index in [2.05, 4.69) is 238 Å². The quantitative estimate of drug-likeness (QED) is 0.167. The minimum absolute atomic E-state index is 0.0873. The van der Waals surface area contributed by atoms with E-state index in [1.54, 1.807) is 0 Å². The van der Waals surface area contributed by atoms with Crippen LogP contribution in [0.5, 0.6) is 0 Å². The van der Waals surface area contributed by atoms with Crippen molar-refractivity contribution in [3.63, 3.8) is 0 Å². The molecule has 10 aromatic carbocycles. The summed E-state index contributed by atoms with van der Waals surface area (Å²) < 4.78 is 13.5. The molecule has 314 valence electrons. The van der Waals surface area contributed by atoms with E-state index in [1.807, 2.05) is 6.07 Å². The monoisotopic (exact) mass is 847 g/mol. The third kappa shape index (κ3) is 5.56. The van der Waals surface area contributed by atoms with Gasteiger partial charge in [0.25, 0.3) is 0 Å². The molecule has 0 spiro atoms. The summed E-state index contributed by atoms with van der Waals surface area (Å²) >= 11 is 0. The summed E-state index contributed by atoms with van der Waals surface area (Å²) in [6.07, 6.45) is 0. The fourth-order valence-electron chi connectivity index (χ4n) is 11.2. The van der Waals surface area contributed by atoms with Crippen molar-refractivity contribution >= 4 is 71.7 Å². The van der Waals surface area contributed by atoms with Crippen LogP contribution in [0.15, 0.2) is 227 Å². The molecular formula is C63H45NO2. The summed E-state index contributed by atoms with van der Waals surface area (Å²) in [7, 11) is 0. The zero-order valence-corrected chi connectivity index (χ0v) is 37.0. The fraction of sp³-hybridized carbons (Fsp3) is 0.0794. The van der Waals surface area contributed by atoms with E-state index in [9.17, 15) is 0 Å². The Morgan fingerprint density at radius 2 is 1.03 bits per heavy atom. The average Bonchev–Trinajstić information content (AvgIpc) is 4.02. The molecule has 66 heavy (non-hydrogen) atoms. The lowest BCUT2D eigenvalue weighted by atomic mass is 9.68. The Morgan fingerprint density at radius 3 is 1.83 bits per heavy atom. The van der Waals surface area contributed by atoms with Crippen LogP contribution in [0.25, 0.3) is 76.9 Å². The summed E-state index contributed by atoms with van der Waals surface area (Å²) in [5.41, 5.74) is 17.0. The Bertz CT molecular complexity index is 3830. The van der Waals surface area contributed by atoms with Crippen LogP contribution in [0, 0.1) is 0 Å². The van der Waals surface area contributed by atoms with Gasteiger partial charge in [0.2, 0.25) is 0 Å². The van der Waals surface area contributed by atoms with Crippen LogP contribution in [0.2, 0.25) is 0 Å². The van der Waals surface area contributed by atoms with Crippen LogP contribution < -0.4 is 4.90 Å². The third-order valence-electron chi connectivity index (χ3n) is 14.1. The van der Waals surface area contributed by atoms with Gasteiger partial charge in [-0.25, -0.2) is 0 Å². The van der Waals surface area contributed by atoms with Gasteiger partial charge in [0.1, 0.15) is 22.3 Å². The van der Waals surface area contributed by atoms with E-state index in [0.29, 0.717) is 0 Å². The maximum atomic E-state index is 6.96. The lowest BCUT2D eigenvalue weighted by Gasteiger charge is -2.34. The smallest absolute Gasteiger partial charge is 0.139 e. The second kappa shape index (κ2) is 14.4. The molecule has 13 rings (SSSR count). The summed E-state index contributed by atoms with van der Waals surface area (Å²) in [5, 5.41) is 6.77. The van der Waals surface area contributed by atoms with E-state index >= 15 is 0 Å². The molecule has 0 aliphatic heterocycles. The predicted octanol–water partition coefficient (Wildman–Crippen LogP) is 17.4. The Kier molecular flexibility index (Phi) is 8.38. The molecule has 0 atom stereocenters. The van der Waals surface area contributed by atoms with Crippen LogP contribution in [0.4, 0.5) is 17.1 Å². The second-order valence-electron chi connectivity index (χ2n) is 18.8. The first-order valence-corrected chi connectivity index (χ1v) is 22.9. The van der Waals surface area contributed by atoms with Gasteiger partial charge in [-0.2, -0.15) is 0 Å². The van der Waals surface area contributed by atoms with Gasteiger partial charge in [-0.1, -0.05) is 191 Å². The number of nitrogens with zero attached hydrogens (tertiary/aromatic N) is 1. The number of rotatable bonds is 6. The first kappa shape index (κ1) is 38.3. The van der Waals surface area contributed by atoms with Gasteiger partial charge in [-0.3, -0.25) is 0 Å². The molecule has 12 aromatic rings. The van der Waals surface area contributed by atoms with Gasteiger partial charge in [-0.05, 0) is 97.6 Å². The Morgan fingerprint density at radius 1 is 0.409 bits per heavy atom. The maximum absolute atomic E-state index is 6.96. The van der Waals surface area contributed by atoms with Crippen molar-refractivity contribution in [2.75, 3.05) is 4.90 Å². The molecule has 0 N–H and O–H groups in total. The average molecular weight is 848 g/mol. The van der Waals surface area contributed by atoms with Crippen molar-refractivity contribution in [1.82, 2.24) is 0 Å². The molecule has 3 nitrogen and oxygen atoms in total. The SMILES string of the molecule is CC(C)(C)c1cccc2c1oc1cc(N(c3ccc4c(c3)-c3ccccc3C4(c3ccccc3)c3ccccc3)c3ccc4ccccc4c3-c3cccc4oc5ccccc5c34)ccc12. The fourth-order valence-corrected chi connectivity index (χ4v) is 11.2. The number of hydrogen-bond acceptors (Lipinski definition) is 3. The maximum Gasteiger partial charge on any atom is 0.139 e. The molecule has 0 saturated carbocycles. The number of para-hydroxylation sites is 2. The molecule has 0 amide bonds. The summed E-state index contributed by atoms with van der Waals surface area (Å²) in [4.78, 5) is 2.45. The van der Waals surface area contributed by atoms with Gasteiger partial charge in [0, 0.05) is 50.1 Å². The molecule has 0 bridgehead atoms. The molecule has 1 aliphatic rings. The zero-order valence-electron chi connectivity index (χ0n) is 37.0. The van der Waals surface area contributed by atoms with Crippen LogP contribution in [0.1, 0.15) is 48.6 Å². The Labute approximate surface area is 383 Å². The van der Waals surface area contributed by atoms with Crippen LogP contribution in [-0.4, -0.2) is 0 Å². The minimum atomic E-state index is -0.512. The normalized spacial score (nSPS) is 13.2. The number of benzene rings is 10. The van der Waals surface area contributed by atoms with E-state index < -0.39 is 5.41 Å². The standard InChI is InChI=1S/C63H45NO2/c1-62(2,3)54-29-16-26-48-47-35-33-44(39-58(47)66-61(48)54)64(55-37-32-40-18-10-11-23-45(40)59(55)50-27-17-31-57-60(50)49-25-13-15-30-56(49)65-57)43-34-36-53-51(38-43)46-24-12-14-28-52(46)63(53,41-19-6-4-7-20-41)42-21-8-5-9-22-42/h4-39H,1-3H3. The first-order chi connectivity index (χ1) is 32.4. The minimum Gasteiger partial charge on any atom is -0.456 e. The molecule has 2 aromatic heterocycles. The van der Waals surface area contributed by atoms with Crippen molar-refractivity contribution in [3.05, 3.63) is 246 Å². The van der Waals surface area contributed by atoms with Gasteiger partial charge in [0.05, 0.1) is 11.1 Å². The Balaban J connectivity index is 1.13. The number of anilines is 3. The summed E-state index contributed by atoms with van der Waals surface area (Å²) in [6.45, 7) is 6.76. The van der Waals surface area contributed by atoms with Crippen LogP contribution in [0.3, 0.4) is 0 Å². The lowest BCUT2D eigenvalue weighted by molar-refractivity contribution is 0.573. The van der Waals surface area contributed by atoms with Crippen molar-refractivity contribution in [2.24, 2.45) is 0 Å². The highest BCUT2D eigenvalue weighted by Crippen LogP contribution is 2.58. The Hall–Kier alpha value is -8.14. The molecular weight excluding hydrogens is 803 g/mol. The number of fused-ring (bicyclic) bond motifs is 10. The summed E-state index contributed by atoms with van der Waals surface area (Å²) in [6, 6.07) is 79.7. The molecule has 0 radical (unpaired) electrons. The van der Waals surface area contributed by atoms with E-state index in [4.69, 9.17) is 8.83 Å². The molecule has 3 heteroatoms. The van der Waals surface area contributed by atoms with Crippen LogP contribution >= 0.6 is 0 Å². The molecule has 2 heterocycles. The highest BCUT2D eigenvalue weighted by Gasteiger charge is 2.46. The molecule has 0 saturated heterocycles. The first-order valence-electron chi connectivity index (χ1n) is 22.9. The van der Waals surface area contributed by atoms with Gasteiger partial charge in [0.15, 0.2) is 0 Å². The number of hydrogen-bond donors (Lipinski definition) is 0. The third-order valence-corrected chi connectivity index (χ3v) is 14.1. The number of furan rings is 2. The van der Waals surface area contributed by atoms with Crippen LogP contribution in [-0.2, 0) is 10.8 Å². The zero-order chi connectivity index (χ0) is 44.1. The van der Waals surface area contributed by atoms with Crippen molar-refractivity contribution in [2.45, 2.75) is 31.6 Å². The largest absolute Gasteiger partial charge is 0.456 e. The molecule has 0 fully saturated rings. The van der Waals surface area contributed by atoms with Gasteiger partial charge in [-0.15, -0.1) is 0 Å². The lowest BCUT2D eigenvalue weighted by Crippen LogP contribution is -2.28. The highest BCUT2D eigenvalue weighted by atomic mass is 16.3. The van der Waals surface area contributed by atoms with E-state index in [1.165, 1.54) is 44.3 Å². The second-order valence-corrected chi connectivity index (χ2v) is 18.8. The van der Waals surface area contributed by atoms with Gasteiger partial charge >= 0.3 is 0 Å². The van der Waals surface area contributed by atoms with Gasteiger partial charge < -0.3 is 13.7 Å². The summed E-state index contributed by atoms with van der Waals surface area (Å²) in [5.74, 6) is 0. The van der Waals surface area contributed by atoms with E-state index in [0.717, 1.165) is 77.5 Å². The van der Waals surface area contributed by atoms with Crippen molar-refractivity contribution < 1.29 is 8.83 Å². The highest BCUT2D eigenvalue weighted by molar-refractivity contribution is 6.18. The molecule has 0 unspecified atom stereocenters. The van der Waals surface area contributed by atoms with E-state index in [-0.39, 0.29) is 5.41 Å². The van der Waals surface area contributed by atoms with Crippen molar-refractivity contribution in [3.8, 4) is 22.3 Å². The topological polar surface area (TPSA) is 29.5 Å². The molecule has 1 aliphatic carbocycles. The van der Waals surface area contributed by atoms with Crippen molar-refractivity contribution in [1.29, 1.82) is 0 Å².